The molecule has 0 saturated carbocycles. The Bertz CT molecular complexity index is 1750. The van der Waals surface area contributed by atoms with Gasteiger partial charge in [0.1, 0.15) is 108 Å². The van der Waals surface area contributed by atoms with Crippen molar-refractivity contribution >= 4 is 11.0 Å². The highest BCUT2D eigenvalue weighted by atomic mass is 16.7. The molecule has 6 rings (SSSR count). The van der Waals surface area contributed by atoms with Crippen molar-refractivity contribution in [1.82, 2.24) is 0 Å². The number of hydrogen-bond acceptors (Lipinski definition) is 20. The van der Waals surface area contributed by atoms with Crippen molar-refractivity contribution in [2.45, 2.75) is 92.1 Å². The first-order chi connectivity index (χ1) is 25.2. The monoisotopic (exact) mass is 756 g/mol. The van der Waals surface area contributed by atoms with Crippen LogP contribution in [0.1, 0.15) is 0 Å². The Morgan fingerprint density at radius 2 is 1.09 bits per heavy atom. The van der Waals surface area contributed by atoms with Gasteiger partial charge in [0, 0.05) is 12.1 Å². The maximum Gasteiger partial charge on any atom is 0.229 e. The van der Waals surface area contributed by atoms with Crippen LogP contribution in [0, 0.1) is 0 Å². The van der Waals surface area contributed by atoms with Gasteiger partial charge in [0.05, 0.1) is 25.4 Å². The third kappa shape index (κ3) is 7.84. The van der Waals surface area contributed by atoms with Gasteiger partial charge in [0.15, 0.2) is 12.6 Å². The normalized spacial score (nSPS) is 37.8. The van der Waals surface area contributed by atoms with Crippen LogP contribution in [0.3, 0.4) is 0 Å². The molecule has 3 aliphatic rings. The van der Waals surface area contributed by atoms with Crippen LogP contribution >= 0.6 is 0 Å². The molecular weight excluding hydrogens is 716 g/mol. The molecule has 0 unspecified atom stereocenters. The van der Waals surface area contributed by atoms with Crippen molar-refractivity contribution in [3.63, 3.8) is 0 Å². The number of hydrogen-bond donors (Lipinski definition) is 12. The van der Waals surface area contributed by atoms with Gasteiger partial charge >= 0.3 is 0 Å². The first-order valence-electron chi connectivity index (χ1n) is 16.4. The number of fused-ring (bicyclic) bond motifs is 1. The van der Waals surface area contributed by atoms with Crippen LogP contribution < -0.4 is 10.2 Å². The molecule has 2 aromatic carbocycles. The fourth-order valence-electron chi connectivity index (χ4n) is 6.18. The lowest BCUT2D eigenvalue weighted by Crippen LogP contribution is -2.63. The summed E-state index contributed by atoms with van der Waals surface area (Å²) in [4.78, 5) is 13.2. The summed E-state index contributed by atoms with van der Waals surface area (Å²) in [6, 6.07) is 7.95. The number of ether oxygens (including phenoxy) is 6. The predicted molar refractivity (Wildman–Crippen MR) is 171 cm³/mol. The molecule has 3 saturated heterocycles. The molecule has 0 radical (unpaired) electrons. The molecule has 20 nitrogen and oxygen atoms in total. The lowest BCUT2D eigenvalue weighted by atomic mass is 9.98. The molecule has 3 fully saturated rings. The molecule has 3 aromatic rings. The van der Waals surface area contributed by atoms with E-state index in [1.54, 1.807) is 0 Å². The molecule has 3 aliphatic heterocycles. The SMILES string of the molecule is O=c1c(-c2ccc(O)cc2)coc2cc(O[C@@H]3O[C@H](CO[C@@H]4O[C@H](CO[C@@H]5O[C@H](CO)[C@@H](O)[C@H](O)[C@H]5O)[C@@H](O)[C@H](O)[C@H]4O)[C@@H](O)[C@H](O)[C@H]3O)cc(O)c12. The zero-order chi connectivity index (χ0) is 38.3. The quantitative estimate of drug-likeness (QED) is 0.0931. The van der Waals surface area contributed by atoms with Gasteiger partial charge in [-0.1, -0.05) is 12.1 Å². The van der Waals surface area contributed by atoms with Crippen LogP contribution in [0.2, 0.25) is 0 Å². The van der Waals surface area contributed by atoms with Crippen molar-refractivity contribution in [1.29, 1.82) is 0 Å². The van der Waals surface area contributed by atoms with Crippen LogP contribution in [0.4, 0.5) is 0 Å². The summed E-state index contributed by atoms with van der Waals surface area (Å²) in [5.41, 5.74) is -0.216. The van der Waals surface area contributed by atoms with E-state index in [4.69, 9.17) is 32.8 Å². The molecule has 1 aromatic heterocycles. The van der Waals surface area contributed by atoms with E-state index < -0.39 is 123 Å². The van der Waals surface area contributed by atoms with Gasteiger partial charge in [-0.2, -0.15) is 0 Å². The van der Waals surface area contributed by atoms with Crippen LogP contribution in [-0.4, -0.2) is 173 Å². The molecule has 0 bridgehead atoms. The summed E-state index contributed by atoms with van der Waals surface area (Å²) in [5, 5.41) is 123. The summed E-state index contributed by atoms with van der Waals surface area (Å²) in [6.45, 7) is -2.03. The van der Waals surface area contributed by atoms with E-state index in [2.05, 4.69) is 0 Å². The number of aliphatic hydroxyl groups excluding tert-OH is 10. The highest BCUT2D eigenvalue weighted by Crippen LogP contribution is 2.34. The maximum absolute atomic E-state index is 13.2. The van der Waals surface area contributed by atoms with Gasteiger partial charge in [0.2, 0.25) is 11.7 Å². The number of aromatic hydroxyl groups is 2. The van der Waals surface area contributed by atoms with Crippen molar-refractivity contribution in [2.75, 3.05) is 19.8 Å². The zero-order valence-corrected chi connectivity index (χ0v) is 27.5. The highest BCUT2D eigenvalue weighted by molar-refractivity contribution is 5.88. The molecule has 15 atom stereocenters. The van der Waals surface area contributed by atoms with Gasteiger partial charge in [-0.3, -0.25) is 4.79 Å². The fourth-order valence-corrected chi connectivity index (χ4v) is 6.18. The molecule has 0 spiro atoms. The van der Waals surface area contributed by atoms with E-state index in [9.17, 15) is 66.1 Å². The lowest BCUT2D eigenvalue weighted by molar-refractivity contribution is -0.339. The van der Waals surface area contributed by atoms with E-state index in [0.717, 1.165) is 12.3 Å². The number of aliphatic hydroxyl groups is 10. The fraction of sp³-hybridized carbons (Fsp3) is 0.545. The first kappa shape index (κ1) is 39.2. The Labute approximate surface area is 298 Å². The highest BCUT2D eigenvalue weighted by Gasteiger charge is 2.49. The molecule has 12 N–H and O–H groups in total. The topological polar surface area (TPSA) is 328 Å². The summed E-state index contributed by atoms with van der Waals surface area (Å²) < 4.78 is 38.6. The molecule has 53 heavy (non-hydrogen) atoms. The minimum atomic E-state index is -1.88. The van der Waals surface area contributed by atoms with E-state index in [0.29, 0.717) is 5.56 Å². The van der Waals surface area contributed by atoms with Crippen LogP contribution in [-0.2, 0) is 23.7 Å². The third-order valence-electron chi connectivity index (χ3n) is 9.30. The number of phenols is 2. The molecule has 0 amide bonds. The molecular formula is C33H40O20. The third-order valence-corrected chi connectivity index (χ3v) is 9.30. The standard InChI is InChI=1S/C33H40O20/c34-7-17-22(38)25(41)28(44)31(51-17)48-9-18-23(39)26(42)29(45)32(52-18)49-10-19-24(40)27(43)30(46)33(53-19)50-13-5-15(36)20-16(6-13)47-8-14(21(20)37)11-1-3-12(35)4-2-11/h1-6,8,17-19,22-36,38-46H,7,9-10H2/t17-,18-,19-,22-,23-,24-,25+,26+,27+,28-,29-,30-,31-,32-,33-/m1/s1. The number of phenolic OH excluding ortho intramolecular Hbond substituents is 2. The summed E-state index contributed by atoms with van der Waals surface area (Å²) >= 11 is 0. The summed E-state index contributed by atoms with van der Waals surface area (Å²) in [6.07, 6.45) is -24.4. The van der Waals surface area contributed by atoms with Crippen molar-refractivity contribution in [2.24, 2.45) is 0 Å². The summed E-state index contributed by atoms with van der Waals surface area (Å²) in [7, 11) is 0. The Hall–Kier alpha value is -3.55. The van der Waals surface area contributed by atoms with Crippen LogP contribution in [0.5, 0.6) is 17.2 Å². The maximum atomic E-state index is 13.2. The Morgan fingerprint density at radius 3 is 1.64 bits per heavy atom. The Balaban J connectivity index is 1.11. The minimum Gasteiger partial charge on any atom is -0.508 e. The second kappa shape index (κ2) is 16.0. The van der Waals surface area contributed by atoms with Crippen LogP contribution in [0.15, 0.2) is 51.9 Å². The van der Waals surface area contributed by atoms with Crippen molar-refractivity contribution in [3.8, 4) is 28.4 Å². The van der Waals surface area contributed by atoms with Gasteiger partial charge in [-0.25, -0.2) is 0 Å². The van der Waals surface area contributed by atoms with Gasteiger partial charge in [0.25, 0.3) is 0 Å². The smallest absolute Gasteiger partial charge is 0.229 e. The van der Waals surface area contributed by atoms with E-state index in [-0.39, 0.29) is 28.0 Å². The molecule has 20 heteroatoms. The lowest BCUT2D eigenvalue weighted by Gasteiger charge is -2.43. The Morgan fingerprint density at radius 1 is 0.604 bits per heavy atom. The molecule has 0 aliphatic carbocycles. The minimum absolute atomic E-state index is 0.0209. The molecule has 4 heterocycles. The van der Waals surface area contributed by atoms with E-state index in [1.807, 2.05) is 0 Å². The molecule has 292 valence electrons. The average molecular weight is 757 g/mol. The number of benzene rings is 2. The number of rotatable bonds is 10. The van der Waals surface area contributed by atoms with E-state index >= 15 is 0 Å². The van der Waals surface area contributed by atoms with E-state index in [1.165, 1.54) is 30.3 Å². The van der Waals surface area contributed by atoms with Gasteiger partial charge in [-0.05, 0) is 17.7 Å². The van der Waals surface area contributed by atoms with Gasteiger partial charge in [-0.15, -0.1) is 0 Å². The predicted octanol–water partition coefficient (Wildman–Crippen LogP) is -4.30. The first-order valence-corrected chi connectivity index (χ1v) is 16.4. The average Bonchev–Trinajstić information content (AvgIpc) is 3.14. The Kier molecular flexibility index (Phi) is 11.9. The summed E-state index contributed by atoms with van der Waals surface area (Å²) in [5.74, 6) is -0.771. The second-order valence-electron chi connectivity index (χ2n) is 12.9. The second-order valence-corrected chi connectivity index (χ2v) is 12.9. The van der Waals surface area contributed by atoms with Crippen molar-refractivity contribution in [3.05, 3.63) is 52.9 Å². The largest absolute Gasteiger partial charge is 0.508 e. The van der Waals surface area contributed by atoms with Gasteiger partial charge < -0.3 is 94.1 Å². The zero-order valence-electron chi connectivity index (χ0n) is 27.5. The van der Waals surface area contributed by atoms with Crippen LogP contribution in [0.25, 0.3) is 22.1 Å². The van der Waals surface area contributed by atoms with Crippen molar-refractivity contribution < 1.29 is 94.1 Å².